The van der Waals surface area contributed by atoms with Crippen molar-refractivity contribution in [2.75, 3.05) is 0 Å². The van der Waals surface area contributed by atoms with E-state index >= 15 is 0 Å². The van der Waals surface area contributed by atoms with Crippen LogP contribution in [0.5, 0.6) is 0 Å². The molecular weight excluding hydrogens is 343 g/mol. The van der Waals surface area contributed by atoms with Gasteiger partial charge in [0.05, 0.1) is 0 Å². The fraction of sp³-hybridized carbons (Fsp3) is 0.308. The second kappa shape index (κ2) is 5.02. The molecule has 1 aliphatic rings. The molecule has 0 fully saturated rings. The molecule has 2 aromatic rings. The molecule has 1 aliphatic carbocycles. The van der Waals surface area contributed by atoms with Gasteiger partial charge >= 0.3 is 0 Å². The molecule has 0 aliphatic heterocycles. The lowest BCUT2D eigenvalue weighted by Gasteiger charge is -2.23. The lowest BCUT2D eigenvalue weighted by atomic mass is 9.84. The number of aryl methyl sites for hydroxylation is 1. The fourth-order valence-corrected chi connectivity index (χ4v) is 4.05. The van der Waals surface area contributed by atoms with Crippen molar-refractivity contribution in [3.63, 3.8) is 0 Å². The first kappa shape index (κ1) is 11.6. The number of pyridine rings is 1. The molecule has 1 atom stereocenters. The Bertz CT molecular complexity index is 496. The van der Waals surface area contributed by atoms with E-state index in [0.29, 0.717) is 5.92 Å². The van der Waals surface area contributed by atoms with Gasteiger partial charge in [0.25, 0.3) is 0 Å². The predicted octanol–water partition coefficient (Wildman–Crippen LogP) is 4.00. The van der Waals surface area contributed by atoms with E-state index in [2.05, 4.69) is 48.5 Å². The van der Waals surface area contributed by atoms with Gasteiger partial charge in [-0.25, -0.2) is 0 Å². The highest BCUT2D eigenvalue weighted by molar-refractivity contribution is 14.2. The third-order valence-electron chi connectivity index (χ3n) is 3.48. The normalized spacial score (nSPS) is 19.0. The number of nitrogens with zero attached hydrogens (tertiary/aromatic N) is 2. The molecule has 0 radical (unpaired) electrons. The van der Waals surface area contributed by atoms with Gasteiger partial charge in [0.1, 0.15) is 0 Å². The summed E-state index contributed by atoms with van der Waals surface area (Å²) in [6.45, 7) is 0. The third-order valence-corrected chi connectivity index (χ3v) is 5.24. The molecule has 0 aromatic carbocycles. The minimum absolute atomic E-state index is 0.633. The van der Waals surface area contributed by atoms with E-state index in [4.69, 9.17) is 0 Å². The Morgan fingerprint density at radius 3 is 3.12 bits per heavy atom. The van der Waals surface area contributed by atoms with E-state index in [9.17, 15) is 0 Å². The van der Waals surface area contributed by atoms with Crippen molar-refractivity contribution in [1.82, 2.24) is 8.96 Å². The topological polar surface area (TPSA) is 17.8 Å². The number of aromatic nitrogens is 2. The first-order chi connectivity index (χ1) is 8.38. The number of halogens is 1. The first-order valence-electron chi connectivity index (χ1n) is 5.76. The maximum atomic E-state index is 4.23. The SMILES string of the molecule is ISn1ccc2c1CC(c1cccnc1)CC2. The fourth-order valence-electron chi connectivity index (χ4n) is 2.57. The Morgan fingerprint density at radius 1 is 1.41 bits per heavy atom. The van der Waals surface area contributed by atoms with E-state index in [1.54, 1.807) is 9.12 Å². The van der Waals surface area contributed by atoms with Gasteiger partial charge in [-0.15, -0.1) is 0 Å². The molecule has 0 saturated heterocycles. The number of rotatable bonds is 2. The summed E-state index contributed by atoms with van der Waals surface area (Å²) in [6.07, 6.45) is 9.63. The monoisotopic (exact) mass is 356 g/mol. The van der Waals surface area contributed by atoms with Gasteiger partial charge in [0.15, 0.2) is 0 Å². The average Bonchev–Trinajstić information content (AvgIpc) is 2.81. The Kier molecular flexibility index (Phi) is 3.42. The standard InChI is InChI=1S/C13H13IN2S/c14-17-16-7-5-10-3-4-11(8-13(10)16)12-2-1-6-15-9-12/h1-2,5-7,9,11H,3-4,8H2. The van der Waals surface area contributed by atoms with Gasteiger partial charge < -0.3 is 0 Å². The Morgan fingerprint density at radius 2 is 2.35 bits per heavy atom. The average molecular weight is 356 g/mol. The molecule has 4 heteroatoms. The largest absolute Gasteiger partial charge is 0.287 e. The number of hydrogen-bond donors (Lipinski definition) is 0. The minimum Gasteiger partial charge on any atom is -0.287 e. The molecule has 1 unspecified atom stereocenters. The van der Waals surface area contributed by atoms with Crippen LogP contribution in [0.2, 0.25) is 0 Å². The van der Waals surface area contributed by atoms with Gasteiger partial charge in [-0.1, -0.05) is 6.07 Å². The number of fused-ring (bicyclic) bond motifs is 1. The minimum atomic E-state index is 0.633. The van der Waals surface area contributed by atoms with E-state index in [0.717, 1.165) is 6.42 Å². The van der Waals surface area contributed by atoms with Crippen molar-refractivity contribution in [2.45, 2.75) is 25.2 Å². The van der Waals surface area contributed by atoms with Crippen LogP contribution in [0, 0.1) is 0 Å². The van der Waals surface area contributed by atoms with Gasteiger partial charge in [0.2, 0.25) is 0 Å². The zero-order valence-corrected chi connectivity index (χ0v) is 12.3. The van der Waals surface area contributed by atoms with Crippen LogP contribution in [0.15, 0.2) is 36.8 Å². The van der Waals surface area contributed by atoms with Gasteiger partial charge in [-0.05, 0) is 48.4 Å². The quantitative estimate of drug-likeness (QED) is 0.757. The summed E-state index contributed by atoms with van der Waals surface area (Å²) in [5.74, 6) is 0.633. The summed E-state index contributed by atoms with van der Waals surface area (Å²) < 4.78 is 2.29. The van der Waals surface area contributed by atoms with Crippen LogP contribution in [0.3, 0.4) is 0 Å². The zero-order valence-electron chi connectivity index (χ0n) is 9.34. The molecule has 0 N–H and O–H groups in total. The summed E-state index contributed by atoms with van der Waals surface area (Å²) in [6, 6.07) is 6.50. The Hall–Kier alpha value is -0.490. The predicted molar refractivity (Wildman–Crippen MR) is 80.4 cm³/mol. The van der Waals surface area contributed by atoms with Crippen LogP contribution < -0.4 is 0 Å². The maximum absolute atomic E-state index is 4.23. The Labute approximate surface area is 118 Å². The molecule has 0 spiro atoms. The van der Waals surface area contributed by atoms with Crippen molar-refractivity contribution in [3.8, 4) is 0 Å². The summed E-state index contributed by atoms with van der Waals surface area (Å²) >= 11 is 2.35. The molecule has 0 saturated carbocycles. The molecule has 88 valence electrons. The van der Waals surface area contributed by atoms with Crippen molar-refractivity contribution < 1.29 is 0 Å². The highest BCUT2D eigenvalue weighted by Crippen LogP contribution is 2.35. The lowest BCUT2D eigenvalue weighted by molar-refractivity contribution is 0.574. The highest BCUT2D eigenvalue weighted by atomic mass is 127. The molecule has 3 rings (SSSR count). The first-order valence-corrected chi connectivity index (χ1v) is 9.08. The molecule has 2 nitrogen and oxygen atoms in total. The molecule has 2 heterocycles. The van der Waals surface area contributed by atoms with Crippen LogP contribution in [-0.2, 0) is 12.8 Å². The van der Waals surface area contributed by atoms with Crippen LogP contribution >= 0.6 is 30.3 Å². The zero-order chi connectivity index (χ0) is 11.7. The van der Waals surface area contributed by atoms with Gasteiger partial charge in [-0.3, -0.25) is 8.96 Å². The van der Waals surface area contributed by atoms with Crippen LogP contribution in [0.4, 0.5) is 0 Å². The summed E-state index contributed by atoms with van der Waals surface area (Å²) in [7, 11) is 1.76. The Balaban J connectivity index is 1.89. The van der Waals surface area contributed by atoms with Crippen molar-refractivity contribution in [1.29, 1.82) is 0 Å². The smallest absolute Gasteiger partial charge is 0.0338 e. The van der Waals surface area contributed by atoms with Crippen molar-refractivity contribution in [2.24, 2.45) is 0 Å². The summed E-state index contributed by atoms with van der Waals surface area (Å²) in [4.78, 5) is 4.23. The van der Waals surface area contributed by atoms with E-state index in [1.165, 1.54) is 29.7 Å². The van der Waals surface area contributed by atoms with Crippen molar-refractivity contribution in [3.05, 3.63) is 53.6 Å². The summed E-state index contributed by atoms with van der Waals surface area (Å²) in [5, 5.41) is 0. The molecule has 2 aromatic heterocycles. The van der Waals surface area contributed by atoms with Gasteiger partial charge in [0, 0.05) is 54.6 Å². The second-order valence-electron chi connectivity index (χ2n) is 4.41. The second-order valence-corrected chi connectivity index (χ2v) is 6.12. The molecular formula is C13H13IN2S. The van der Waals surface area contributed by atoms with E-state index in [-0.39, 0.29) is 0 Å². The van der Waals surface area contributed by atoms with Crippen LogP contribution in [0.25, 0.3) is 0 Å². The molecule has 0 bridgehead atoms. The number of hydrogen-bond acceptors (Lipinski definition) is 2. The van der Waals surface area contributed by atoms with Crippen LogP contribution in [0.1, 0.15) is 29.2 Å². The van der Waals surface area contributed by atoms with E-state index < -0.39 is 0 Å². The third kappa shape index (κ3) is 2.25. The van der Waals surface area contributed by atoms with Crippen molar-refractivity contribution >= 4 is 30.3 Å². The van der Waals surface area contributed by atoms with E-state index in [1.807, 2.05) is 18.5 Å². The highest BCUT2D eigenvalue weighted by Gasteiger charge is 2.22. The molecule has 0 amide bonds. The maximum Gasteiger partial charge on any atom is 0.0338 e. The van der Waals surface area contributed by atoms with Crippen LogP contribution in [-0.4, -0.2) is 8.96 Å². The molecule has 17 heavy (non-hydrogen) atoms. The lowest BCUT2D eigenvalue weighted by Crippen LogP contribution is -2.13. The van der Waals surface area contributed by atoms with Gasteiger partial charge in [-0.2, -0.15) is 0 Å². The summed E-state index contributed by atoms with van der Waals surface area (Å²) in [5.41, 5.74) is 4.39.